The number of benzene rings is 2. The Kier molecular flexibility index (Phi) is 7.54. The summed E-state index contributed by atoms with van der Waals surface area (Å²) in [5.74, 6) is 0.568. The first-order chi connectivity index (χ1) is 20.1. The van der Waals surface area contributed by atoms with E-state index in [1.54, 1.807) is 34.0 Å². The van der Waals surface area contributed by atoms with Crippen molar-refractivity contribution in [2.24, 2.45) is 11.3 Å². The van der Waals surface area contributed by atoms with E-state index in [2.05, 4.69) is 56.2 Å². The van der Waals surface area contributed by atoms with E-state index in [4.69, 9.17) is 21.1 Å². The normalized spacial score (nSPS) is 27.0. The third kappa shape index (κ3) is 5.19. The van der Waals surface area contributed by atoms with Crippen LogP contribution in [0.15, 0.2) is 48.7 Å². The van der Waals surface area contributed by atoms with Gasteiger partial charge in [0.1, 0.15) is 18.4 Å². The summed E-state index contributed by atoms with van der Waals surface area (Å²) in [5, 5.41) is 8.96. The van der Waals surface area contributed by atoms with Crippen LogP contribution in [0.1, 0.15) is 81.7 Å². The molecule has 222 valence electrons. The number of ether oxygens (including phenoxy) is 2. The molecule has 1 aromatic heterocycles. The van der Waals surface area contributed by atoms with Crippen molar-refractivity contribution in [2.75, 3.05) is 11.4 Å². The van der Waals surface area contributed by atoms with Gasteiger partial charge < -0.3 is 9.47 Å². The molecule has 1 saturated heterocycles. The lowest BCUT2D eigenvalue weighted by molar-refractivity contribution is -0.166. The Balaban J connectivity index is 1.09. The number of halogens is 1. The van der Waals surface area contributed by atoms with Gasteiger partial charge in [-0.2, -0.15) is 0 Å². The summed E-state index contributed by atoms with van der Waals surface area (Å²) in [6.07, 6.45) is 5.82. The monoisotopic (exact) mass is 590 g/mol. The van der Waals surface area contributed by atoms with E-state index >= 15 is 0 Å². The van der Waals surface area contributed by atoms with Gasteiger partial charge in [-0.1, -0.05) is 68.3 Å². The predicted octanol–water partition coefficient (Wildman–Crippen LogP) is 6.83. The number of carbonyl (C=O) groups excluding carboxylic acids is 2. The predicted molar refractivity (Wildman–Crippen MR) is 161 cm³/mol. The van der Waals surface area contributed by atoms with Gasteiger partial charge in [0.25, 0.3) is 0 Å². The minimum atomic E-state index is -0.556. The van der Waals surface area contributed by atoms with Crippen molar-refractivity contribution in [2.45, 2.75) is 90.4 Å². The highest BCUT2D eigenvalue weighted by Crippen LogP contribution is 2.57. The van der Waals surface area contributed by atoms with Crippen LogP contribution in [0.2, 0.25) is 5.02 Å². The first kappa shape index (κ1) is 28.7. The van der Waals surface area contributed by atoms with Crippen molar-refractivity contribution < 1.29 is 19.1 Å². The second kappa shape index (κ2) is 11.0. The van der Waals surface area contributed by atoms with Gasteiger partial charge in [0.2, 0.25) is 0 Å². The first-order valence-electron chi connectivity index (χ1n) is 15.0. The molecule has 9 heteroatoms. The molecule has 0 radical (unpaired) electrons. The number of cyclic esters (lactones) is 1. The van der Waals surface area contributed by atoms with Crippen LogP contribution in [0.3, 0.4) is 0 Å². The summed E-state index contributed by atoms with van der Waals surface area (Å²) < 4.78 is 13.1. The van der Waals surface area contributed by atoms with Crippen molar-refractivity contribution in [1.29, 1.82) is 0 Å². The number of carbonyl (C=O) groups is 2. The number of aryl methyl sites for hydroxylation is 1. The maximum absolute atomic E-state index is 13.7. The largest absolute Gasteiger partial charge is 0.459 e. The van der Waals surface area contributed by atoms with Crippen LogP contribution in [0, 0.1) is 11.3 Å². The van der Waals surface area contributed by atoms with E-state index in [0.717, 1.165) is 32.1 Å². The molecule has 3 aromatic rings. The molecule has 2 aliphatic carbocycles. The molecular weight excluding hydrogens is 552 g/mol. The zero-order valence-corrected chi connectivity index (χ0v) is 25.6. The SMILES string of the molecule is CC(C)c1ccc2c(c1)CC[C@H]1[C@](C)(C(=O)OCc3cn(CC4CN(c5cccc(Cl)c5)C(=O)O4)nn3)CCC[C@]21C. The molecule has 8 nitrogen and oxygen atoms in total. The number of nitrogens with zero attached hydrogens (tertiary/aromatic N) is 4. The smallest absolute Gasteiger partial charge is 0.414 e. The van der Waals surface area contributed by atoms with E-state index in [1.165, 1.54) is 16.7 Å². The Hall–Kier alpha value is -3.39. The molecule has 0 bridgehead atoms. The van der Waals surface area contributed by atoms with Crippen molar-refractivity contribution >= 4 is 29.4 Å². The molecule has 42 heavy (non-hydrogen) atoms. The van der Waals surface area contributed by atoms with Crippen LogP contribution in [-0.4, -0.2) is 39.7 Å². The standard InChI is InChI=1S/C33H39ClN4O4/c1-21(2)22-9-11-28-23(15-22)10-12-29-32(28,3)13-6-14-33(29,4)30(39)41-20-25-17-37(36-35-25)18-27-19-38(31(40)42-27)26-8-5-7-24(34)16-26/h5,7-9,11,15-17,21,27,29H,6,10,12-14,18-20H2,1-4H3/t27?,29-,32-,33-/m1/s1. The van der Waals surface area contributed by atoms with Crippen LogP contribution in [0.25, 0.3) is 0 Å². The van der Waals surface area contributed by atoms with Gasteiger partial charge in [-0.05, 0) is 84.7 Å². The molecule has 0 spiro atoms. The molecule has 1 amide bonds. The zero-order chi connectivity index (χ0) is 29.6. The zero-order valence-electron chi connectivity index (χ0n) is 24.8. The quantitative estimate of drug-likeness (QED) is 0.280. The second-order valence-electron chi connectivity index (χ2n) is 13.0. The van der Waals surface area contributed by atoms with E-state index in [1.807, 2.05) is 6.07 Å². The topological polar surface area (TPSA) is 86.5 Å². The molecule has 0 N–H and O–H groups in total. The molecule has 4 atom stereocenters. The molecular formula is C33H39ClN4O4. The Bertz CT molecular complexity index is 1500. The van der Waals surface area contributed by atoms with Crippen LogP contribution in [-0.2, 0) is 39.3 Å². The van der Waals surface area contributed by atoms with Crippen LogP contribution < -0.4 is 4.90 Å². The van der Waals surface area contributed by atoms with E-state index in [9.17, 15) is 9.59 Å². The van der Waals surface area contributed by atoms with Crippen LogP contribution >= 0.6 is 11.6 Å². The minimum Gasteiger partial charge on any atom is -0.459 e. The molecule has 3 aliphatic rings. The average Bonchev–Trinajstić information content (AvgIpc) is 3.56. The summed E-state index contributed by atoms with van der Waals surface area (Å²) in [4.78, 5) is 27.7. The lowest BCUT2D eigenvalue weighted by atomic mass is 9.49. The Morgan fingerprint density at radius 1 is 1.19 bits per heavy atom. The number of hydrogen-bond acceptors (Lipinski definition) is 6. The number of amides is 1. The van der Waals surface area contributed by atoms with E-state index < -0.39 is 17.6 Å². The van der Waals surface area contributed by atoms with Crippen molar-refractivity contribution in [3.63, 3.8) is 0 Å². The van der Waals surface area contributed by atoms with Gasteiger partial charge >= 0.3 is 12.1 Å². The third-order valence-electron chi connectivity index (χ3n) is 9.83. The Morgan fingerprint density at radius 2 is 2.02 bits per heavy atom. The lowest BCUT2D eigenvalue weighted by Crippen LogP contribution is -2.52. The van der Waals surface area contributed by atoms with Gasteiger partial charge in [0.05, 0.1) is 24.7 Å². The fourth-order valence-electron chi connectivity index (χ4n) is 7.59. The molecule has 1 saturated carbocycles. The second-order valence-corrected chi connectivity index (χ2v) is 13.4. The Morgan fingerprint density at radius 3 is 2.81 bits per heavy atom. The number of fused-ring (bicyclic) bond motifs is 3. The summed E-state index contributed by atoms with van der Waals surface area (Å²) in [5.41, 5.74) is 4.89. The first-order valence-corrected chi connectivity index (χ1v) is 15.4. The summed E-state index contributed by atoms with van der Waals surface area (Å²) in [6, 6.07) is 14.1. The number of aromatic nitrogens is 3. The summed E-state index contributed by atoms with van der Waals surface area (Å²) in [7, 11) is 0. The molecule has 6 rings (SSSR count). The number of hydrogen-bond donors (Lipinski definition) is 0. The van der Waals surface area contributed by atoms with E-state index in [-0.39, 0.29) is 23.9 Å². The fourth-order valence-corrected chi connectivity index (χ4v) is 7.78. The highest BCUT2D eigenvalue weighted by molar-refractivity contribution is 6.30. The van der Waals surface area contributed by atoms with Gasteiger partial charge in [-0.15, -0.1) is 5.10 Å². The van der Waals surface area contributed by atoms with E-state index in [0.29, 0.717) is 35.4 Å². The molecule has 1 unspecified atom stereocenters. The summed E-state index contributed by atoms with van der Waals surface area (Å²) in [6.45, 7) is 9.71. The molecule has 2 heterocycles. The number of esters is 1. The average molecular weight is 591 g/mol. The van der Waals surface area contributed by atoms with Crippen LogP contribution in [0.4, 0.5) is 10.5 Å². The van der Waals surface area contributed by atoms with Crippen molar-refractivity contribution in [3.05, 3.63) is 76.1 Å². The van der Waals surface area contributed by atoms with Crippen LogP contribution in [0.5, 0.6) is 0 Å². The van der Waals surface area contributed by atoms with Gasteiger partial charge in [-0.25, -0.2) is 9.48 Å². The van der Waals surface area contributed by atoms with Gasteiger partial charge in [0.15, 0.2) is 0 Å². The maximum atomic E-state index is 13.7. The highest BCUT2D eigenvalue weighted by Gasteiger charge is 2.55. The highest BCUT2D eigenvalue weighted by atomic mass is 35.5. The lowest BCUT2D eigenvalue weighted by Gasteiger charge is -2.54. The van der Waals surface area contributed by atoms with Crippen molar-refractivity contribution in [1.82, 2.24) is 15.0 Å². The fraction of sp³-hybridized carbons (Fsp3) is 0.515. The maximum Gasteiger partial charge on any atom is 0.414 e. The molecule has 2 fully saturated rings. The number of anilines is 1. The molecule has 1 aliphatic heterocycles. The Labute approximate surface area is 252 Å². The number of rotatable bonds is 7. The van der Waals surface area contributed by atoms with Gasteiger partial charge in [0, 0.05) is 10.7 Å². The minimum absolute atomic E-state index is 0.0457. The van der Waals surface area contributed by atoms with Crippen molar-refractivity contribution in [3.8, 4) is 0 Å². The third-order valence-corrected chi connectivity index (χ3v) is 10.1. The van der Waals surface area contributed by atoms with Gasteiger partial charge in [-0.3, -0.25) is 9.69 Å². The molecule has 2 aromatic carbocycles. The summed E-state index contributed by atoms with van der Waals surface area (Å²) >= 11 is 6.09.